The van der Waals surface area contributed by atoms with Crippen molar-refractivity contribution < 1.29 is 9.59 Å². The minimum atomic E-state index is -0.363. The van der Waals surface area contributed by atoms with Crippen molar-refractivity contribution in [1.29, 1.82) is 0 Å². The zero-order valence-electron chi connectivity index (χ0n) is 16.6. The summed E-state index contributed by atoms with van der Waals surface area (Å²) in [5, 5.41) is 6.11. The van der Waals surface area contributed by atoms with Crippen LogP contribution in [0.4, 0.5) is 11.4 Å². The van der Waals surface area contributed by atoms with E-state index in [1.165, 1.54) is 17.8 Å². The highest BCUT2D eigenvalue weighted by Gasteiger charge is 2.15. The Hall–Kier alpha value is -2.73. The molecule has 158 valence electrons. The Morgan fingerprint density at radius 1 is 0.871 bits per heavy atom. The number of nitrogens with one attached hydrogen (secondary N) is 2. The molecule has 2 N–H and O–H groups in total. The molecule has 0 radical (unpaired) electrons. The normalized spacial score (nSPS) is 11.8. The van der Waals surface area contributed by atoms with E-state index in [1.807, 2.05) is 55.5 Å². The monoisotopic (exact) mass is 470 g/mol. The average Bonchev–Trinajstić information content (AvgIpc) is 2.76. The van der Waals surface area contributed by atoms with Crippen LogP contribution in [-0.4, -0.2) is 17.1 Å². The van der Waals surface area contributed by atoms with Crippen molar-refractivity contribution in [2.45, 2.75) is 17.1 Å². The van der Waals surface area contributed by atoms with Crippen LogP contribution in [0.2, 0.25) is 10.0 Å². The molecule has 1 unspecified atom stereocenters. The van der Waals surface area contributed by atoms with Crippen LogP contribution in [0.5, 0.6) is 0 Å². The van der Waals surface area contributed by atoms with Gasteiger partial charge in [-0.15, -0.1) is 11.8 Å². The van der Waals surface area contributed by atoms with Crippen molar-refractivity contribution in [2.24, 2.45) is 0 Å². The summed E-state index contributed by atoms with van der Waals surface area (Å²) in [4.78, 5) is 25.6. The molecule has 0 spiro atoms. The van der Waals surface area contributed by atoms with Crippen molar-refractivity contribution in [3.8, 4) is 0 Å². The van der Waals surface area contributed by atoms with E-state index in [-0.39, 0.29) is 17.1 Å². The highest BCUT2D eigenvalue weighted by atomic mass is 35.5. The van der Waals surface area contributed by atoms with Gasteiger partial charge in [0.25, 0.3) is 0 Å². The molecule has 1 atom stereocenters. The molecule has 31 heavy (non-hydrogen) atoms. The average molecular weight is 471 g/mol. The molecule has 0 fully saturated rings. The highest BCUT2D eigenvalue weighted by molar-refractivity contribution is 8.00. The van der Waals surface area contributed by atoms with Crippen LogP contribution in [-0.2, 0) is 9.59 Å². The van der Waals surface area contributed by atoms with E-state index >= 15 is 0 Å². The van der Waals surface area contributed by atoms with Gasteiger partial charge in [-0.2, -0.15) is 0 Å². The van der Waals surface area contributed by atoms with Crippen LogP contribution in [0.15, 0.2) is 83.8 Å². The second-order valence-electron chi connectivity index (χ2n) is 6.64. The van der Waals surface area contributed by atoms with Gasteiger partial charge < -0.3 is 10.6 Å². The van der Waals surface area contributed by atoms with Gasteiger partial charge in [0.05, 0.1) is 15.3 Å². The third-order valence-electron chi connectivity index (χ3n) is 4.20. The first kappa shape index (κ1) is 22.9. The second kappa shape index (κ2) is 11.0. The molecule has 3 aromatic rings. The maximum atomic E-state index is 12.5. The predicted octanol–water partition coefficient (Wildman–Crippen LogP) is 6.76. The predicted molar refractivity (Wildman–Crippen MR) is 131 cm³/mol. The lowest BCUT2D eigenvalue weighted by Gasteiger charge is -2.13. The van der Waals surface area contributed by atoms with Crippen LogP contribution in [0, 0.1) is 0 Å². The van der Waals surface area contributed by atoms with E-state index in [0.29, 0.717) is 21.4 Å². The molecule has 0 saturated carbocycles. The van der Waals surface area contributed by atoms with E-state index in [1.54, 1.807) is 30.3 Å². The van der Waals surface area contributed by atoms with E-state index in [0.717, 1.165) is 10.5 Å². The molecule has 0 bridgehead atoms. The molecule has 0 aromatic heterocycles. The Morgan fingerprint density at radius 2 is 1.61 bits per heavy atom. The van der Waals surface area contributed by atoms with Gasteiger partial charge in [0.2, 0.25) is 11.8 Å². The Balaban J connectivity index is 1.57. The minimum absolute atomic E-state index is 0.163. The van der Waals surface area contributed by atoms with E-state index < -0.39 is 0 Å². The van der Waals surface area contributed by atoms with Crippen molar-refractivity contribution in [3.05, 3.63) is 94.5 Å². The molecular weight excluding hydrogens is 451 g/mol. The van der Waals surface area contributed by atoms with Crippen molar-refractivity contribution in [2.75, 3.05) is 10.6 Å². The van der Waals surface area contributed by atoms with Crippen molar-refractivity contribution >= 4 is 64.2 Å². The lowest BCUT2D eigenvalue weighted by molar-refractivity contribution is -0.115. The number of halogens is 2. The zero-order valence-corrected chi connectivity index (χ0v) is 19.0. The van der Waals surface area contributed by atoms with Gasteiger partial charge in [0, 0.05) is 22.3 Å². The Bertz CT molecular complexity index is 1100. The fourth-order valence-electron chi connectivity index (χ4n) is 2.64. The van der Waals surface area contributed by atoms with Gasteiger partial charge in [-0.25, -0.2) is 0 Å². The van der Waals surface area contributed by atoms with Crippen molar-refractivity contribution in [1.82, 2.24) is 0 Å². The van der Waals surface area contributed by atoms with Crippen LogP contribution in [0.25, 0.3) is 6.08 Å². The molecule has 0 heterocycles. The number of amides is 2. The zero-order chi connectivity index (χ0) is 22.2. The van der Waals surface area contributed by atoms with Gasteiger partial charge in [-0.1, -0.05) is 59.6 Å². The Morgan fingerprint density at radius 3 is 2.35 bits per heavy atom. The van der Waals surface area contributed by atoms with E-state index in [9.17, 15) is 9.59 Å². The Kier molecular flexibility index (Phi) is 8.18. The molecule has 7 heteroatoms. The fraction of sp³-hybridized carbons (Fsp3) is 0.0833. The summed E-state index contributed by atoms with van der Waals surface area (Å²) in [5.41, 5.74) is 2.19. The number of carbonyl (C=O) groups excluding carboxylic acids is 2. The fourth-order valence-corrected chi connectivity index (χ4v) is 3.87. The van der Waals surface area contributed by atoms with Gasteiger partial charge in [-0.05, 0) is 55.0 Å². The number of rotatable bonds is 7. The highest BCUT2D eigenvalue weighted by Crippen LogP contribution is 2.28. The maximum absolute atomic E-state index is 12.5. The van der Waals surface area contributed by atoms with Gasteiger partial charge in [-0.3, -0.25) is 9.59 Å². The maximum Gasteiger partial charge on any atom is 0.248 e. The van der Waals surface area contributed by atoms with Crippen molar-refractivity contribution in [3.63, 3.8) is 0 Å². The van der Waals surface area contributed by atoms with Crippen LogP contribution in [0.3, 0.4) is 0 Å². The van der Waals surface area contributed by atoms with Gasteiger partial charge in [0.1, 0.15) is 0 Å². The summed E-state index contributed by atoms with van der Waals surface area (Å²) >= 11 is 13.3. The third kappa shape index (κ3) is 7.17. The number of carbonyl (C=O) groups is 2. The molecule has 3 rings (SSSR count). The molecule has 0 aliphatic heterocycles. The first-order valence-electron chi connectivity index (χ1n) is 9.47. The number of benzene rings is 3. The van der Waals surface area contributed by atoms with Crippen LogP contribution in [0.1, 0.15) is 12.5 Å². The summed E-state index contributed by atoms with van der Waals surface area (Å²) in [7, 11) is 0. The SMILES string of the molecule is CC(Sc1cccc(NC(=O)/C=C/c2ccccc2)c1)C(=O)Nc1ccc(Cl)c(Cl)c1. The largest absolute Gasteiger partial charge is 0.325 e. The lowest BCUT2D eigenvalue weighted by Crippen LogP contribution is -2.22. The summed E-state index contributed by atoms with van der Waals surface area (Å²) < 4.78 is 0. The lowest BCUT2D eigenvalue weighted by atomic mass is 10.2. The van der Waals surface area contributed by atoms with Gasteiger partial charge in [0.15, 0.2) is 0 Å². The molecule has 2 amide bonds. The van der Waals surface area contributed by atoms with Gasteiger partial charge >= 0.3 is 0 Å². The molecular formula is C24H20Cl2N2O2S. The first-order valence-corrected chi connectivity index (χ1v) is 11.1. The number of hydrogen-bond donors (Lipinski definition) is 2. The quantitative estimate of drug-likeness (QED) is 0.296. The summed E-state index contributed by atoms with van der Waals surface area (Å²) in [5.74, 6) is -0.389. The molecule has 0 aliphatic rings. The van der Waals surface area contributed by atoms with Crippen LogP contribution < -0.4 is 10.6 Å². The standard InChI is InChI=1S/C24H20Cl2N2O2S/c1-16(24(30)28-19-11-12-21(25)22(26)15-19)31-20-9-5-8-18(14-20)27-23(29)13-10-17-6-3-2-4-7-17/h2-16H,1H3,(H,27,29)(H,28,30)/b13-10+. The molecule has 0 aliphatic carbocycles. The molecule has 4 nitrogen and oxygen atoms in total. The smallest absolute Gasteiger partial charge is 0.248 e. The third-order valence-corrected chi connectivity index (χ3v) is 6.03. The second-order valence-corrected chi connectivity index (χ2v) is 8.87. The molecule has 0 saturated heterocycles. The molecule has 3 aromatic carbocycles. The number of anilines is 2. The van der Waals surface area contributed by atoms with Crippen LogP contribution >= 0.6 is 35.0 Å². The number of hydrogen-bond acceptors (Lipinski definition) is 3. The summed E-state index contributed by atoms with van der Waals surface area (Å²) in [6.45, 7) is 1.81. The van der Waals surface area contributed by atoms with E-state index in [4.69, 9.17) is 23.2 Å². The summed E-state index contributed by atoms with van der Waals surface area (Å²) in [6.07, 6.45) is 3.24. The Labute approximate surface area is 195 Å². The number of thioether (sulfide) groups is 1. The summed E-state index contributed by atoms with van der Waals surface area (Å²) in [6, 6.07) is 21.9. The topological polar surface area (TPSA) is 58.2 Å². The van der Waals surface area contributed by atoms with E-state index in [2.05, 4.69) is 10.6 Å². The minimum Gasteiger partial charge on any atom is -0.325 e. The first-order chi connectivity index (χ1) is 14.9.